The van der Waals surface area contributed by atoms with Crippen molar-refractivity contribution in [3.63, 3.8) is 0 Å². The van der Waals surface area contributed by atoms with Crippen LogP contribution < -0.4 is 14.8 Å². The number of aromatic amines is 1. The molecule has 0 bridgehead atoms. The van der Waals surface area contributed by atoms with Crippen LogP contribution in [0, 0.1) is 0 Å². The second kappa shape index (κ2) is 10.7. The average Bonchev–Trinajstić information content (AvgIpc) is 3.26. The minimum atomic E-state index is -3.84. The summed E-state index contributed by atoms with van der Waals surface area (Å²) >= 11 is 5.93. The van der Waals surface area contributed by atoms with Crippen molar-refractivity contribution in [2.45, 2.75) is 31.1 Å². The maximum absolute atomic E-state index is 13.2. The minimum Gasteiger partial charge on any atom is -0.392 e. The summed E-state index contributed by atoms with van der Waals surface area (Å²) in [4.78, 5) is 16.1. The first kappa shape index (κ1) is 27.3. The van der Waals surface area contributed by atoms with Gasteiger partial charge in [0.15, 0.2) is 0 Å². The summed E-state index contributed by atoms with van der Waals surface area (Å²) in [6.45, 7) is 6.22. The largest absolute Gasteiger partial charge is 0.418 e. The van der Waals surface area contributed by atoms with E-state index in [0.717, 1.165) is 11.1 Å². The molecule has 0 aliphatic carbocycles. The van der Waals surface area contributed by atoms with Gasteiger partial charge in [-0.3, -0.25) is 10.0 Å². The molecule has 1 aromatic heterocycles. The number of halogens is 1. The molecule has 40 heavy (non-hydrogen) atoms. The molecule has 0 radical (unpaired) electrons. The molecule has 1 heterocycles. The van der Waals surface area contributed by atoms with Crippen molar-refractivity contribution in [3.8, 4) is 17.0 Å². The summed E-state index contributed by atoms with van der Waals surface area (Å²) in [6, 6.07) is 28.1. The van der Waals surface area contributed by atoms with E-state index in [-0.39, 0.29) is 16.2 Å². The Morgan fingerprint density at radius 2 is 1.50 bits per heavy atom. The molecule has 0 atom stereocenters. The first-order chi connectivity index (χ1) is 19.0. The third-order valence-corrected chi connectivity index (χ3v) is 8.04. The van der Waals surface area contributed by atoms with E-state index in [1.807, 2.05) is 42.5 Å². The number of carbonyl (C=O) groups excluding carboxylic acids is 1. The van der Waals surface area contributed by atoms with Gasteiger partial charge in [0.1, 0.15) is 0 Å². The molecule has 1 amide bonds. The number of carbonyl (C=O) groups is 1. The Morgan fingerprint density at radius 1 is 0.850 bits per heavy atom. The van der Waals surface area contributed by atoms with E-state index < -0.39 is 16.1 Å². The molecular weight excluding hydrogens is 546 g/mol. The lowest BCUT2D eigenvalue weighted by molar-refractivity contribution is 0.214. The molecule has 0 spiro atoms. The first-order valence-corrected chi connectivity index (χ1v) is 14.4. The van der Waals surface area contributed by atoms with Crippen LogP contribution in [0.15, 0.2) is 102 Å². The number of anilines is 2. The zero-order chi connectivity index (χ0) is 28.5. The van der Waals surface area contributed by atoms with Crippen molar-refractivity contribution < 1.29 is 17.9 Å². The highest BCUT2D eigenvalue weighted by molar-refractivity contribution is 7.92. The lowest BCUT2D eigenvalue weighted by Crippen LogP contribution is -2.17. The summed E-state index contributed by atoms with van der Waals surface area (Å²) in [6.07, 6.45) is -0.689. The predicted octanol–water partition coefficient (Wildman–Crippen LogP) is 8.20. The highest BCUT2D eigenvalue weighted by Crippen LogP contribution is 2.39. The van der Waals surface area contributed by atoms with Crippen LogP contribution in [0.4, 0.5) is 16.2 Å². The number of hydrogen-bond donors (Lipinski definition) is 3. The molecular formula is C31H28ClN3O4S. The van der Waals surface area contributed by atoms with Gasteiger partial charge in [0.25, 0.3) is 10.0 Å². The van der Waals surface area contributed by atoms with Gasteiger partial charge in [0.05, 0.1) is 10.5 Å². The molecule has 0 aliphatic heterocycles. The molecule has 0 saturated carbocycles. The van der Waals surface area contributed by atoms with Gasteiger partial charge in [-0.15, -0.1) is 0 Å². The Bertz CT molecular complexity index is 1780. The Morgan fingerprint density at radius 3 is 2.15 bits per heavy atom. The van der Waals surface area contributed by atoms with Crippen LogP contribution in [0.2, 0.25) is 5.02 Å². The normalized spacial score (nSPS) is 11.8. The maximum Gasteiger partial charge on any atom is 0.418 e. The zero-order valence-corrected chi connectivity index (χ0v) is 23.7. The molecule has 4 aromatic carbocycles. The first-order valence-electron chi connectivity index (χ1n) is 12.6. The van der Waals surface area contributed by atoms with Crippen molar-refractivity contribution in [1.82, 2.24) is 4.98 Å². The average molecular weight is 574 g/mol. The number of fused-ring (bicyclic) bond motifs is 1. The fourth-order valence-electron chi connectivity index (χ4n) is 4.32. The van der Waals surface area contributed by atoms with Crippen LogP contribution in [0.25, 0.3) is 22.0 Å². The van der Waals surface area contributed by atoms with Gasteiger partial charge in [0, 0.05) is 27.3 Å². The van der Waals surface area contributed by atoms with Crippen LogP contribution >= 0.6 is 11.6 Å². The van der Waals surface area contributed by atoms with E-state index >= 15 is 0 Å². The van der Waals surface area contributed by atoms with Crippen molar-refractivity contribution >= 4 is 50.0 Å². The van der Waals surface area contributed by atoms with E-state index in [9.17, 15) is 13.2 Å². The number of ether oxygens (including phenoxy) is 1. The molecule has 0 fully saturated rings. The number of rotatable bonds is 6. The van der Waals surface area contributed by atoms with Crippen molar-refractivity contribution in [2.75, 3.05) is 10.0 Å². The lowest BCUT2D eigenvalue weighted by Gasteiger charge is -2.19. The van der Waals surface area contributed by atoms with Gasteiger partial charge in [-0.25, -0.2) is 13.2 Å². The van der Waals surface area contributed by atoms with Gasteiger partial charge < -0.3 is 9.72 Å². The Labute approximate surface area is 238 Å². The molecule has 0 saturated heterocycles. The highest BCUT2D eigenvalue weighted by atomic mass is 35.5. The smallest absolute Gasteiger partial charge is 0.392 e. The number of hydrogen-bond acceptors (Lipinski definition) is 4. The summed E-state index contributed by atoms with van der Waals surface area (Å²) in [5.74, 6) is 0.227. The Balaban J connectivity index is 1.47. The van der Waals surface area contributed by atoms with Gasteiger partial charge in [0.2, 0.25) is 5.88 Å². The summed E-state index contributed by atoms with van der Waals surface area (Å²) in [5.41, 5.74) is 3.94. The van der Waals surface area contributed by atoms with Gasteiger partial charge >= 0.3 is 6.09 Å². The van der Waals surface area contributed by atoms with Gasteiger partial charge in [-0.1, -0.05) is 74.8 Å². The van der Waals surface area contributed by atoms with E-state index in [0.29, 0.717) is 32.9 Å². The van der Waals surface area contributed by atoms with Crippen molar-refractivity contribution in [1.29, 1.82) is 0 Å². The number of aromatic nitrogens is 1. The van der Waals surface area contributed by atoms with Crippen LogP contribution in [0.1, 0.15) is 26.3 Å². The molecule has 7 nitrogen and oxygen atoms in total. The van der Waals surface area contributed by atoms with Crippen LogP contribution in [0.3, 0.4) is 0 Å². The summed E-state index contributed by atoms with van der Waals surface area (Å²) in [5, 5.41) is 3.92. The molecule has 5 rings (SSSR count). The number of sulfonamides is 1. The molecule has 204 valence electrons. The van der Waals surface area contributed by atoms with Crippen LogP contribution in [-0.2, 0) is 15.4 Å². The maximum atomic E-state index is 13.2. The Kier molecular flexibility index (Phi) is 7.31. The predicted molar refractivity (Wildman–Crippen MR) is 161 cm³/mol. The minimum absolute atomic E-state index is 0.0889. The van der Waals surface area contributed by atoms with Crippen LogP contribution in [0.5, 0.6) is 5.88 Å². The van der Waals surface area contributed by atoms with E-state index in [1.165, 1.54) is 0 Å². The van der Waals surface area contributed by atoms with E-state index in [1.54, 1.807) is 54.6 Å². The van der Waals surface area contributed by atoms with Crippen molar-refractivity contribution in [2.24, 2.45) is 0 Å². The summed E-state index contributed by atoms with van der Waals surface area (Å²) in [7, 11) is -3.84. The molecule has 5 aromatic rings. The third kappa shape index (κ3) is 5.98. The number of amides is 1. The zero-order valence-electron chi connectivity index (χ0n) is 22.2. The van der Waals surface area contributed by atoms with Gasteiger partial charge in [-0.05, 0) is 71.1 Å². The lowest BCUT2D eigenvalue weighted by atomic mass is 9.87. The standard InChI is InChI=1S/C31H28ClN3O4S/c1-31(2,3)21-9-16-25(17-10-21)40(37,38)35-24-15-18-27-26(19-24)28(20-7-5-4-6-8-20)29(34-27)39-30(36)33-23-13-11-22(32)12-14-23/h4-19,34-35H,1-3H3,(H,33,36). The van der Waals surface area contributed by atoms with E-state index in [4.69, 9.17) is 16.3 Å². The topological polar surface area (TPSA) is 100 Å². The summed E-state index contributed by atoms with van der Waals surface area (Å²) < 4.78 is 34.8. The molecule has 9 heteroatoms. The van der Waals surface area contributed by atoms with Gasteiger partial charge in [-0.2, -0.15) is 0 Å². The molecule has 0 unspecified atom stereocenters. The third-order valence-electron chi connectivity index (χ3n) is 6.39. The van der Waals surface area contributed by atoms with E-state index in [2.05, 4.69) is 35.8 Å². The fraction of sp³-hybridized carbons (Fsp3) is 0.129. The number of nitrogens with one attached hydrogen (secondary N) is 3. The molecule has 0 aliphatic rings. The highest BCUT2D eigenvalue weighted by Gasteiger charge is 2.21. The second-order valence-electron chi connectivity index (χ2n) is 10.4. The monoisotopic (exact) mass is 573 g/mol. The fourth-order valence-corrected chi connectivity index (χ4v) is 5.49. The van der Waals surface area contributed by atoms with Crippen molar-refractivity contribution in [3.05, 3.63) is 108 Å². The number of benzene rings is 4. The quantitative estimate of drug-likeness (QED) is 0.190. The SMILES string of the molecule is CC(C)(C)c1ccc(S(=O)(=O)Nc2ccc3[nH]c(OC(=O)Nc4ccc(Cl)cc4)c(-c4ccccc4)c3c2)cc1. The van der Waals surface area contributed by atoms with Crippen LogP contribution in [-0.4, -0.2) is 19.5 Å². The molecule has 3 N–H and O–H groups in total. The second-order valence-corrected chi connectivity index (χ2v) is 12.5. The Hall–Kier alpha value is -4.27. The number of H-pyrrole nitrogens is 1.